The van der Waals surface area contributed by atoms with Crippen LogP contribution in [0.15, 0.2) is 54.6 Å². The third-order valence-electron chi connectivity index (χ3n) is 20.1. The molecule has 0 spiro atoms. The van der Waals surface area contributed by atoms with Crippen LogP contribution in [-0.4, -0.2) is 229 Å². The van der Waals surface area contributed by atoms with Crippen LogP contribution >= 0.6 is 0 Å². The predicted octanol–water partition coefficient (Wildman–Crippen LogP) is 9.03. The fourth-order valence-electron chi connectivity index (χ4n) is 13.6. The molecule has 1 aliphatic rings. The lowest BCUT2D eigenvalue weighted by Crippen LogP contribution is -2.54. The maximum Gasteiger partial charge on any atom is 0.410 e. The van der Waals surface area contributed by atoms with Crippen molar-refractivity contribution in [3.05, 3.63) is 65.7 Å². The summed E-state index contributed by atoms with van der Waals surface area (Å²) < 4.78 is 45.6. The van der Waals surface area contributed by atoms with Crippen molar-refractivity contribution in [2.45, 2.75) is 215 Å². The molecule has 1 unspecified atom stereocenters. The molecule has 8 amide bonds. The Morgan fingerprint density at radius 1 is 0.617 bits per heavy atom. The molecule has 27 nitrogen and oxygen atoms in total. The van der Waals surface area contributed by atoms with Crippen molar-refractivity contribution in [2.75, 3.05) is 119 Å². The number of nitrogens with one attached hydrogen (secondary N) is 4. The summed E-state index contributed by atoms with van der Waals surface area (Å²) in [6.45, 7) is 25.0. The number of ketones is 3. The smallest absolute Gasteiger partial charge is 0.410 e. The molecular formula is C80H132N8O19. The van der Waals surface area contributed by atoms with Gasteiger partial charge in [-0.3, -0.25) is 38.4 Å². The van der Waals surface area contributed by atoms with E-state index in [1.54, 1.807) is 62.1 Å². The van der Waals surface area contributed by atoms with E-state index in [1.807, 2.05) is 85.7 Å². The number of benzene rings is 2. The minimum Gasteiger partial charge on any atom is -0.445 e. The van der Waals surface area contributed by atoms with Crippen LogP contribution in [0.25, 0.3) is 0 Å². The molecule has 606 valence electrons. The molecule has 1 saturated heterocycles. The van der Waals surface area contributed by atoms with Crippen LogP contribution in [0, 0.1) is 47.3 Å². The van der Waals surface area contributed by atoms with Crippen LogP contribution in [-0.2, 0) is 82.9 Å². The van der Waals surface area contributed by atoms with E-state index in [4.69, 9.17) is 43.6 Å². The van der Waals surface area contributed by atoms with Gasteiger partial charge in [0.25, 0.3) is 0 Å². The number of aliphatic hydroxyl groups is 1. The Morgan fingerprint density at radius 3 is 1.73 bits per heavy atom. The van der Waals surface area contributed by atoms with E-state index in [1.165, 1.54) is 19.1 Å². The lowest BCUT2D eigenvalue weighted by Gasteiger charge is -2.41. The number of ether oxygens (including phenoxy) is 8. The first-order valence-electron chi connectivity index (χ1n) is 38.7. The number of likely N-dealkylation sites (N-methyl/N-ethyl adjacent to an activating group) is 2. The fraction of sp³-hybridized carbons (Fsp3) is 0.725. The summed E-state index contributed by atoms with van der Waals surface area (Å²) >= 11 is 0. The molecule has 2 aromatic carbocycles. The number of amides is 8. The molecule has 1 heterocycles. The Kier molecular flexibility index (Phi) is 46.0. The summed E-state index contributed by atoms with van der Waals surface area (Å²) in [7, 11) is 6.25. The van der Waals surface area contributed by atoms with Gasteiger partial charge >= 0.3 is 12.1 Å². The molecule has 107 heavy (non-hydrogen) atoms. The van der Waals surface area contributed by atoms with Crippen molar-refractivity contribution in [3.8, 4) is 0 Å². The van der Waals surface area contributed by atoms with Gasteiger partial charge in [0.2, 0.25) is 29.5 Å². The normalized spacial score (nSPS) is 16.1. The number of Topliss-reactive ketones (excluding diaryl/α,β-unsaturated/α-hetero) is 3. The number of hydrogen-bond donors (Lipinski definition) is 6. The molecule has 12 atom stereocenters. The van der Waals surface area contributed by atoms with E-state index in [0.717, 1.165) is 24.8 Å². The van der Waals surface area contributed by atoms with E-state index in [-0.39, 0.29) is 142 Å². The molecule has 0 aliphatic carbocycles. The second kappa shape index (κ2) is 52.2. The van der Waals surface area contributed by atoms with Crippen molar-refractivity contribution in [1.29, 1.82) is 0 Å². The number of likely N-dealkylation sites (tertiary alicyclic amines) is 1. The van der Waals surface area contributed by atoms with Crippen LogP contribution in [0.2, 0.25) is 0 Å². The van der Waals surface area contributed by atoms with Crippen molar-refractivity contribution in [2.24, 2.45) is 53.1 Å². The quantitative estimate of drug-likeness (QED) is 0.0336. The maximum atomic E-state index is 14.9. The Morgan fingerprint density at radius 2 is 1.20 bits per heavy atom. The van der Waals surface area contributed by atoms with Crippen molar-refractivity contribution in [3.63, 3.8) is 0 Å². The van der Waals surface area contributed by atoms with Crippen molar-refractivity contribution in [1.82, 2.24) is 30.7 Å². The molecule has 0 radical (unpaired) electrons. The Bertz CT molecular complexity index is 2960. The van der Waals surface area contributed by atoms with E-state index in [9.17, 15) is 53.1 Å². The number of primary amides is 1. The van der Waals surface area contributed by atoms with Gasteiger partial charge in [-0.05, 0) is 85.0 Å². The molecular weight excluding hydrogens is 1380 g/mol. The van der Waals surface area contributed by atoms with Gasteiger partial charge in [-0.15, -0.1) is 0 Å². The highest BCUT2D eigenvalue weighted by Crippen LogP contribution is 2.34. The number of methoxy groups -OCH3 is 2. The van der Waals surface area contributed by atoms with Crippen molar-refractivity contribution >= 4 is 64.7 Å². The topological polar surface area (TPSA) is 349 Å². The van der Waals surface area contributed by atoms with Crippen LogP contribution in [0.3, 0.4) is 0 Å². The van der Waals surface area contributed by atoms with Crippen LogP contribution in [0.1, 0.15) is 183 Å². The van der Waals surface area contributed by atoms with Crippen molar-refractivity contribution < 1.29 is 90.9 Å². The number of anilines is 1. The number of aliphatic hydroxyl groups excluding tert-OH is 1. The molecule has 0 aromatic heterocycles. The zero-order valence-electron chi connectivity index (χ0n) is 66.9. The zero-order valence-corrected chi connectivity index (χ0v) is 66.9. The third-order valence-corrected chi connectivity index (χ3v) is 20.1. The monoisotopic (exact) mass is 1510 g/mol. The summed E-state index contributed by atoms with van der Waals surface area (Å²) in [6.07, 6.45) is 2.71. The van der Waals surface area contributed by atoms with E-state index >= 15 is 0 Å². The summed E-state index contributed by atoms with van der Waals surface area (Å²) in [5.74, 6) is -5.87. The first-order chi connectivity index (χ1) is 51.0. The average Bonchev–Trinajstić information content (AvgIpc) is 1.30. The molecule has 27 heteroatoms. The van der Waals surface area contributed by atoms with Gasteiger partial charge in [-0.2, -0.15) is 0 Å². The largest absolute Gasteiger partial charge is 0.445 e. The molecule has 7 N–H and O–H groups in total. The molecule has 2 aromatic rings. The number of hydrogen-bond acceptors (Lipinski definition) is 19. The number of unbranched alkanes of at least 4 members (excludes halogenated alkanes) is 2. The van der Waals surface area contributed by atoms with Gasteiger partial charge in [-0.25, -0.2) is 9.59 Å². The second-order valence-electron chi connectivity index (χ2n) is 29.4. The standard InChI is InChI=1S/C80H132N8O19/c1-16-18-22-35-82-69(92)33-38-102-40-42-104-44-46-106-47-45-105-43-41-103-39-34-70(93)85-72(54(5)6)66(90)49-61(27-23-36-83-79(81)98)77(96)84-62-31-29-59(30-32-62)52-107-80(99)87(13)73(55(7)8)67(91)50-63(53(3)4)78(97)86(12)74(56(9)17-2)68(100-14)51-71(94)88-37-24-28-64(88)76(101-15)58(11)65(89)48-57(10)75(95)60-25-20-19-21-26-60/h19-21,25-26,29-32,53-58,61,63-64,68,72-76,95H,16-18,22-24,27-28,33-52H2,1-15H3,(H,82,92)(H,84,96)(H,85,93)(H3,81,83,98)/t56?,57-,58-,61+,63-,64-,68+,72-,73-,74-,75+,76+/m0/s1. The fourth-order valence-corrected chi connectivity index (χ4v) is 13.6. The SMILES string of the molecule is CCCCCNC(=O)CCOCCOCCOCCOCCOCCC(=O)N[C@H](C(=O)C[C@@H](CCCNC(N)=O)C(=O)Nc1ccc(COC(=O)N(C)[C@H](C(=O)C[C@H](C(=O)N(C)[C@@H](C(C)CC)[C@@H](CC(=O)N2CCC[C@H]2[C@H](OC)[C@@H](C)C(=O)C[C@H](C)[C@@H](O)c2ccccc2)OC)C(C)C)C(C)C)cc1)C(C)C. The number of carbonyl (C=O) groups is 10. The first-order valence-corrected chi connectivity index (χ1v) is 38.7. The van der Waals surface area contributed by atoms with Crippen LogP contribution < -0.4 is 27.0 Å². The second-order valence-corrected chi connectivity index (χ2v) is 29.4. The Labute approximate surface area is 636 Å². The lowest BCUT2D eigenvalue weighted by molar-refractivity contribution is -0.149. The van der Waals surface area contributed by atoms with E-state index in [2.05, 4.69) is 28.2 Å². The minimum atomic E-state index is -0.968. The van der Waals surface area contributed by atoms with Gasteiger partial charge in [0.05, 0.1) is 115 Å². The maximum absolute atomic E-state index is 14.9. The molecule has 0 bridgehead atoms. The van der Waals surface area contributed by atoms with Gasteiger partial charge in [-0.1, -0.05) is 138 Å². The molecule has 1 fully saturated rings. The van der Waals surface area contributed by atoms with Gasteiger partial charge < -0.3 is 84.7 Å². The lowest BCUT2D eigenvalue weighted by atomic mass is 9.83. The minimum absolute atomic E-state index is 0.0148. The highest BCUT2D eigenvalue weighted by molar-refractivity contribution is 5.97. The highest BCUT2D eigenvalue weighted by atomic mass is 16.6. The third kappa shape index (κ3) is 34.2. The molecule has 3 rings (SSSR count). The van der Waals surface area contributed by atoms with Gasteiger partial charge in [0.1, 0.15) is 12.4 Å². The Hall–Kier alpha value is -6.98. The summed E-state index contributed by atoms with van der Waals surface area (Å²) in [6, 6.07) is 12.2. The van der Waals surface area contributed by atoms with Crippen LogP contribution in [0.4, 0.5) is 15.3 Å². The summed E-state index contributed by atoms with van der Waals surface area (Å²) in [5, 5.41) is 22.1. The van der Waals surface area contributed by atoms with Gasteiger partial charge in [0, 0.05) is 103 Å². The number of urea groups is 1. The van der Waals surface area contributed by atoms with Gasteiger partial charge in [0.15, 0.2) is 11.6 Å². The van der Waals surface area contributed by atoms with E-state index in [0.29, 0.717) is 103 Å². The van der Waals surface area contributed by atoms with E-state index < -0.39 is 78.1 Å². The number of carbonyl (C=O) groups excluding carboxylic acids is 10. The summed E-state index contributed by atoms with van der Waals surface area (Å²) in [4.78, 5) is 141. The summed E-state index contributed by atoms with van der Waals surface area (Å²) in [5.41, 5.74) is 6.97. The highest BCUT2D eigenvalue weighted by Gasteiger charge is 2.44. The number of nitrogens with two attached hydrogens (primary N) is 1. The molecule has 1 aliphatic heterocycles. The average molecular weight is 1510 g/mol. The zero-order chi connectivity index (χ0) is 79.5. The number of nitrogens with zero attached hydrogens (tertiary/aromatic N) is 3. The molecule has 0 saturated carbocycles. The predicted molar refractivity (Wildman–Crippen MR) is 408 cm³/mol. The Balaban J connectivity index is 1.55. The van der Waals surface area contributed by atoms with Crippen LogP contribution in [0.5, 0.6) is 0 Å². The number of rotatable bonds is 57. The first kappa shape index (κ1) is 94.2.